The third-order valence-corrected chi connectivity index (χ3v) is 12.0. The van der Waals surface area contributed by atoms with Crippen molar-refractivity contribution in [3.8, 4) is 0 Å². The van der Waals surface area contributed by atoms with Crippen LogP contribution in [0.5, 0.6) is 0 Å². The van der Waals surface area contributed by atoms with E-state index in [0.29, 0.717) is 0 Å². The maximum Gasteiger partial charge on any atom is 2.00 e. The van der Waals surface area contributed by atoms with Crippen molar-refractivity contribution in [2.24, 2.45) is 0 Å². The van der Waals surface area contributed by atoms with Crippen LogP contribution in [-0.4, -0.2) is 17.9 Å². The van der Waals surface area contributed by atoms with E-state index in [0.717, 1.165) is 38.5 Å². The Morgan fingerprint density at radius 3 is 0.410 bits per heavy atom. The molecule has 0 unspecified atom stereocenters. The molecule has 0 aliphatic rings. The Labute approximate surface area is 394 Å². The van der Waals surface area contributed by atoms with E-state index in [9.17, 15) is 29.7 Å². The number of carboxylic acid groups (broad SMARTS) is 3. The summed E-state index contributed by atoms with van der Waals surface area (Å²) < 4.78 is 0. The van der Waals surface area contributed by atoms with E-state index in [1.807, 2.05) is 0 Å². The second-order valence-corrected chi connectivity index (χ2v) is 18.2. The van der Waals surface area contributed by atoms with Crippen LogP contribution in [-0.2, 0) is 33.9 Å². The van der Waals surface area contributed by atoms with Crippen molar-refractivity contribution in [2.45, 2.75) is 329 Å². The van der Waals surface area contributed by atoms with Crippen LogP contribution >= 0.6 is 0 Å². The number of carbonyl (C=O) groups is 3. The fraction of sp³-hybridized carbons (Fsp3) is 0.944. The number of carbonyl (C=O) groups excluding carboxylic acids is 3. The molecule has 0 N–H and O–H groups in total. The molecule has 0 amide bonds. The van der Waals surface area contributed by atoms with Crippen LogP contribution in [0.2, 0.25) is 0 Å². The van der Waals surface area contributed by atoms with Gasteiger partial charge in [-0.1, -0.05) is 290 Å². The molecule has 0 aliphatic heterocycles. The first-order valence-electron chi connectivity index (χ1n) is 26.9. The summed E-state index contributed by atoms with van der Waals surface area (Å²) in [5.74, 6) is -2.71. The Kier molecular flexibility index (Phi) is 69.2. The summed E-state index contributed by atoms with van der Waals surface area (Å²) in [4.78, 5) is 30.7. The van der Waals surface area contributed by atoms with Gasteiger partial charge in [-0.25, -0.2) is 0 Å². The van der Waals surface area contributed by atoms with E-state index in [4.69, 9.17) is 0 Å². The Balaban J connectivity index is -0.000000396. The topological polar surface area (TPSA) is 120 Å². The summed E-state index contributed by atoms with van der Waals surface area (Å²) in [6.07, 6.45) is 59.6. The van der Waals surface area contributed by atoms with Gasteiger partial charge in [0.2, 0.25) is 0 Å². The van der Waals surface area contributed by atoms with Crippen molar-refractivity contribution >= 4 is 17.9 Å². The van der Waals surface area contributed by atoms with Gasteiger partial charge in [0.05, 0.1) is 0 Å². The molecule has 0 atom stereocenters. The van der Waals surface area contributed by atoms with Gasteiger partial charge in [-0.2, -0.15) is 0 Å². The average molecular weight is 916 g/mol. The van der Waals surface area contributed by atoms with Crippen LogP contribution in [0.1, 0.15) is 329 Å². The Hall–Kier alpha value is -0.967. The smallest absolute Gasteiger partial charge is 0.550 e. The molecule has 61 heavy (non-hydrogen) atoms. The molecule has 360 valence electrons. The molecule has 7 heteroatoms. The Morgan fingerprint density at radius 2 is 0.311 bits per heavy atom. The van der Waals surface area contributed by atoms with Gasteiger partial charge in [-0.05, 0) is 38.5 Å². The molecule has 6 nitrogen and oxygen atoms in total. The third kappa shape index (κ3) is 76.7. The van der Waals surface area contributed by atoms with Crippen molar-refractivity contribution in [3.05, 3.63) is 0 Å². The van der Waals surface area contributed by atoms with E-state index in [1.165, 1.54) is 250 Å². The van der Waals surface area contributed by atoms with Crippen LogP contribution in [0, 0.1) is 0 Å². The minimum absolute atomic E-state index is 0. The maximum absolute atomic E-state index is 10.2. The number of hydrogen-bond donors (Lipinski definition) is 0. The fourth-order valence-corrected chi connectivity index (χ4v) is 7.92. The molecule has 0 aromatic carbocycles. The minimum Gasteiger partial charge on any atom is -0.550 e. The van der Waals surface area contributed by atoms with Crippen LogP contribution in [0.3, 0.4) is 0 Å². The monoisotopic (exact) mass is 914 g/mol. The molecular weight excluding hydrogens is 810 g/mol. The molecule has 0 aliphatic carbocycles. The molecule has 0 spiro atoms. The first-order chi connectivity index (χ1) is 29.3. The summed E-state index contributed by atoms with van der Waals surface area (Å²) in [7, 11) is 0. The number of hydrogen-bond acceptors (Lipinski definition) is 6. The first kappa shape index (κ1) is 66.6. The standard InChI is InChI=1S/3C18H36O2.Zn/c3*1-2-3-4-5-6-7-8-9-10-11-12-13-14-15-16-17-18(19)20;/h3*2-17H2,1H3,(H,19,20);/q;;;+2/p-3. The van der Waals surface area contributed by atoms with Crippen molar-refractivity contribution < 1.29 is 49.2 Å². The van der Waals surface area contributed by atoms with Crippen molar-refractivity contribution in [2.75, 3.05) is 0 Å². The molecule has 0 bridgehead atoms. The Bertz CT molecular complexity index is 717. The van der Waals surface area contributed by atoms with E-state index in [1.54, 1.807) is 0 Å². The van der Waals surface area contributed by atoms with Crippen molar-refractivity contribution in [3.63, 3.8) is 0 Å². The van der Waals surface area contributed by atoms with E-state index in [2.05, 4.69) is 20.8 Å². The first-order valence-corrected chi connectivity index (χ1v) is 26.9. The molecule has 0 fully saturated rings. The zero-order valence-corrected chi connectivity index (χ0v) is 44.6. The fourth-order valence-electron chi connectivity index (χ4n) is 7.92. The van der Waals surface area contributed by atoms with Crippen molar-refractivity contribution in [1.82, 2.24) is 0 Å². The van der Waals surface area contributed by atoms with Gasteiger partial charge in [0.1, 0.15) is 0 Å². The molecule has 0 aromatic heterocycles. The molecule has 0 saturated carbocycles. The second kappa shape index (κ2) is 63.3. The average Bonchev–Trinajstić information content (AvgIpc) is 3.22. The third-order valence-electron chi connectivity index (χ3n) is 12.0. The van der Waals surface area contributed by atoms with Gasteiger partial charge in [0.25, 0.3) is 0 Å². The van der Waals surface area contributed by atoms with Crippen LogP contribution in [0.15, 0.2) is 0 Å². The quantitative estimate of drug-likeness (QED) is 0.0443. The van der Waals surface area contributed by atoms with E-state index in [-0.39, 0.29) is 38.7 Å². The number of rotatable bonds is 48. The largest absolute Gasteiger partial charge is 2.00 e. The van der Waals surface area contributed by atoms with Crippen molar-refractivity contribution in [1.29, 1.82) is 0 Å². The zero-order valence-electron chi connectivity index (χ0n) is 41.6. The van der Waals surface area contributed by atoms with E-state index < -0.39 is 17.9 Å². The minimum atomic E-state index is -0.903. The summed E-state index contributed by atoms with van der Waals surface area (Å²) >= 11 is 0. The van der Waals surface area contributed by atoms with Gasteiger partial charge in [-0.15, -0.1) is 0 Å². The van der Waals surface area contributed by atoms with Gasteiger partial charge in [0, 0.05) is 17.9 Å². The predicted molar refractivity (Wildman–Crippen MR) is 254 cm³/mol. The van der Waals surface area contributed by atoms with Crippen LogP contribution in [0.4, 0.5) is 0 Å². The number of carboxylic acids is 3. The molecule has 0 radical (unpaired) electrons. The number of unbranched alkanes of at least 4 members (excludes halogenated alkanes) is 42. The zero-order chi connectivity index (χ0) is 44.7. The molecule has 0 aromatic rings. The number of aliphatic carboxylic acids is 3. The van der Waals surface area contributed by atoms with Crippen LogP contribution in [0.25, 0.3) is 0 Å². The summed E-state index contributed by atoms with van der Waals surface area (Å²) in [6.45, 7) is 6.80. The summed E-state index contributed by atoms with van der Waals surface area (Å²) in [6, 6.07) is 0. The predicted octanol–water partition coefficient (Wildman–Crippen LogP) is 15.0. The van der Waals surface area contributed by atoms with Gasteiger partial charge < -0.3 is 29.7 Å². The van der Waals surface area contributed by atoms with Crippen LogP contribution < -0.4 is 15.3 Å². The van der Waals surface area contributed by atoms with Gasteiger partial charge >= 0.3 is 19.5 Å². The second-order valence-electron chi connectivity index (χ2n) is 18.2. The Morgan fingerprint density at radius 1 is 0.213 bits per heavy atom. The molecule has 0 heterocycles. The van der Waals surface area contributed by atoms with Gasteiger partial charge in [-0.3, -0.25) is 0 Å². The molecular formula is C54H105O6Zn-. The maximum atomic E-state index is 10.2. The summed E-state index contributed by atoms with van der Waals surface area (Å²) in [5, 5.41) is 30.7. The SMILES string of the molecule is CCCCCCCCCCCCCCCCCC(=O)[O-].CCCCCCCCCCCCCCCCCC(=O)[O-].CCCCCCCCCCCCCCCCCC(=O)[O-].[Zn+2]. The normalized spacial score (nSPS) is 10.7. The van der Waals surface area contributed by atoms with E-state index >= 15 is 0 Å². The molecule has 0 saturated heterocycles. The molecule has 0 rings (SSSR count). The van der Waals surface area contributed by atoms with Gasteiger partial charge in [0.15, 0.2) is 0 Å². The summed E-state index contributed by atoms with van der Waals surface area (Å²) in [5.41, 5.74) is 0.